The number of halogens is 1. The Morgan fingerprint density at radius 3 is 2.67 bits per heavy atom. The topological polar surface area (TPSA) is 59.5 Å². The number of nitrogens with two attached hydrogens (primary N) is 1. The van der Waals surface area contributed by atoms with Crippen LogP contribution in [0.25, 0.3) is 5.65 Å². The third-order valence-corrected chi connectivity index (χ3v) is 3.82. The number of benzene rings is 1. The van der Waals surface area contributed by atoms with E-state index in [1.807, 2.05) is 36.5 Å². The molecule has 2 heterocycles. The second kappa shape index (κ2) is 6.24. The first kappa shape index (κ1) is 14.0. The van der Waals surface area contributed by atoms with Gasteiger partial charge in [0.25, 0.3) is 0 Å². The van der Waals surface area contributed by atoms with Crippen molar-refractivity contribution in [2.75, 3.05) is 18.0 Å². The number of aromatic nitrogens is 3. The van der Waals surface area contributed by atoms with Crippen LogP contribution in [-0.4, -0.2) is 27.7 Å². The third-order valence-electron chi connectivity index (χ3n) is 3.20. The molecule has 0 fully saturated rings. The summed E-state index contributed by atoms with van der Waals surface area (Å²) in [5.41, 5.74) is 7.75. The summed E-state index contributed by atoms with van der Waals surface area (Å²) in [5, 5.41) is 4.53. The monoisotopic (exact) mass is 345 g/mol. The fourth-order valence-corrected chi connectivity index (χ4v) is 2.63. The summed E-state index contributed by atoms with van der Waals surface area (Å²) < 4.78 is 2.70. The molecule has 0 unspecified atom stereocenters. The van der Waals surface area contributed by atoms with Crippen LogP contribution in [0.1, 0.15) is 5.56 Å². The molecular formula is C15H16BrN5. The van der Waals surface area contributed by atoms with Crippen LogP contribution in [0.3, 0.4) is 0 Å². The Bertz CT molecular complexity index is 725. The Kier molecular flexibility index (Phi) is 4.17. The molecule has 0 radical (unpaired) electrons. The Hall–Kier alpha value is -1.92. The van der Waals surface area contributed by atoms with Gasteiger partial charge in [-0.25, -0.2) is 4.52 Å². The zero-order valence-electron chi connectivity index (χ0n) is 11.5. The lowest BCUT2D eigenvalue weighted by Crippen LogP contribution is -2.29. The van der Waals surface area contributed by atoms with Crippen molar-refractivity contribution < 1.29 is 0 Å². The number of hydrogen-bond acceptors (Lipinski definition) is 4. The van der Waals surface area contributed by atoms with Crippen molar-refractivity contribution in [3.63, 3.8) is 0 Å². The molecule has 3 aromatic rings. The normalized spacial score (nSPS) is 11.0. The van der Waals surface area contributed by atoms with Gasteiger partial charge < -0.3 is 10.6 Å². The maximum absolute atomic E-state index is 5.73. The van der Waals surface area contributed by atoms with E-state index in [-0.39, 0.29) is 0 Å². The molecule has 21 heavy (non-hydrogen) atoms. The smallest absolute Gasteiger partial charge is 0.246 e. The standard InChI is InChI=1S/C15H16BrN5/c16-13-7-4-9-21-14(13)18-15(19-21)20(10-8-17)11-12-5-2-1-3-6-12/h1-7,9H,8,10-11,17H2. The molecular weight excluding hydrogens is 330 g/mol. The minimum Gasteiger partial charge on any atom is -0.334 e. The molecule has 0 aliphatic rings. The highest BCUT2D eigenvalue weighted by molar-refractivity contribution is 9.10. The first-order valence-corrected chi connectivity index (χ1v) is 7.57. The summed E-state index contributed by atoms with van der Waals surface area (Å²) in [6.07, 6.45) is 1.89. The lowest BCUT2D eigenvalue weighted by molar-refractivity contribution is 0.755. The zero-order valence-corrected chi connectivity index (χ0v) is 13.1. The van der Waals surface area contributed by atoms with Crippen molar-refractivity contribution in [2.24, 2.45) is 5.73 Å². The molecule has 108 valence electrons. The second-order valence-corrected chi connectivity index (χ2v) is 5.59. The molecule has 2 aromatic heterocycles. The maximum Gasteiger partial charge on any atom is 0.246 e. The Morgan fingerprint density at radius 1 is 1.14 bits per heavy atom. The van der Waals surface area contributed by atoms with Crippen LogP contribution in [0.2, 0.25) is 0 Å². The van der Waals surface area contributed by atoms with Crippen molar-refractivity contribution in [3.8, 4) is 0 Å². The van der Waals surface area contributed by atoms with Crippen LogP contribution in [0.15, 0.2) is 53.1 Å². The molecule has 0 saturated carbocycles. The lowest BCUT2D eigenvalue weighted by atomic mass is 10.2. The van der Waals surface area contributed by atoms with E-state index in [9.17, 15) is 0 Å². The summed E-state index contributed by atoms with van der Waals surface area (Å²) in [6, 6.07) is 14.1. The Morgan fingerprint density at radius 2 is 1.95 bits per heavy atom. The molecule has 0 amide bonds. The number of nitrogens with zero attached hydrogens (tertiary/aromatic N) is 4. The van der Waals surface area contributed by atoms with Gasteiger partial charge in [-0.3, -0.25) is 0 Å². The van der Waals surface area contributed by atoms with Gasteiger partial charge >= 0.3 is 0 Å². The summed E-state index contributed by atoms with van der Waals surface area (Å²) in [6.45, 7) is 2.01. The van der Waals surface area contributed by atoms with E-state index in [1.165, 1.54) is 5.56 Å². The SMILES string of the molecule is NCCN(Cc1ccccc1)c1nc2c(Br)cccn2n1. The van der Waals surface area contributed by atoms with Crippen molar-refractivity contribution in [3.05, 3.63) is 58.7 Å². The third kappa shape index (κ3) is 3.06. The Balaban J connectivity index is 1.93. The van der Waals surface area contributed by atoms with Gasteiger partial charge in [-0.15, -0.1) is 5.10 Å². The average Bonchev–Trinajstić information content (AvgIpc) is 2.93. The fraction of sp³-hybridized carbons (Fsp3) is 0.200. The highest BCUT2D eigenvalue weighted by Crippen LogP contribution is 2.19. The van der Waals surface area contributed by atoms with Crippen molar-refractivity contribution in [1.29, 1.82) is 0 Å². The van der Waals surface area contributed by atoms with Crippen LogP contribution in [0.5, 0.6) is 0 Å². The van der Waals surface area contributed by atoms with E-state index in [2.05, 4.69) is 43.0 Å². The molecule has 0 spiro atoms. The number of anilines is 1. The zero-order chi connectivity index (χ0) is 14.7. The Labute approximate surface area is 131 Å². The molecule has 3 rings (SSSR count). The van der Waals surface area contributed by atoms with Crippen molar-refractivity contribution in [1.82, 2.24) is 14.6 Å². The summed E-state index contributed by atoms with van der Waals surface area (Å²) >= 11 is 3.50. The van der Waals surface area contributed by atoms with Crippen LogP contribution in [-0.2, 0) is 6.54 Å². The van der Waals surface area contributed by atoms with Gasteiger partial charge in [-0.05, 0) is 33.6 Å². The minimum atomic E-state index is 0.559. The van der Waals surface area contributed by atoms with Gasteiger partial charge in [0.1, 0.15) is 0 Å². The summed E-state index contributed by atoms with van der Waals surface area (Å²) in [5.74, 6) is 0.691. The van der Waals surface area contributed by atoms with Crippen LogP contribution >= 0.6 is 15.9 Å². The highest BCUT2D eigenvalue weighted by Gasteiger charge is 2.13. The first-order chi connectivity index (χ1) is 10.3. The van der Waals surface area contributed by atoms with Gasteiger partial charge in [0.05, 0.1) is 4.47 Å². The predicted octanol–water partition coefficient (Wildman–Crippen LogP) is 2.46. The number of rotatable bonds is 5. The molecule has 0 atom stereocenters. The molecule has 1 aromatic carbocycles. The van der Waals surface area contributed by atoms with Crippen molar-refractivity contribution >= 4 is 27.5 Å². The van der Waals surface area contributed by atoms with E-state index in [0.717, 1.165) is 16.7 Å². The molecule has 0 bridgehead atoms. The second-order valence-electron chi connectivity index (χ2n) is 4.73. The van der Waals surface area contributed by atoms with Crippen LogP contribution in [0, 0.1) is 0 Å². The lowest BCUT2D eigenvalue weighted by Gasteiger charge is -2.20. The number of hydrogen-bond donors (Lipinski definition) is 1. The average molecular weight is 346 g/mol. The maximum atomic E-state index is 5.73. The number of pyridine rings is 1. The summed E-state index contributed by atoms with van der Waals surface area (Å²) in [7, 11) is 0. The van der Waals surface area contributed by atoms with Crippen LogP contribution < -0.4 is 10.6 Å². The van der Waals surface area contributed by atoms with Gasteiger partial charge in [0.15, 0.2) is 5.65 Å². The van der Waals surface area contributed by atoms with Crippen molar-refractivity contribution in [2.45, 2.75) is 6.54 Å². The molecule has 0 aliphatic carbocycles. The quantitative estimate of drug-likeness (QED) is 0.771. The highest BCUT2D eigenvalue weighted by atomic mass is 79.9. The summed E-state index contributed by atoms with van der Waals surface area (Å²) in [4.78, 5) is 6.69. The minimum absolute atomic E-state index is 0.559. The number of fused-ring (bicyclic) bond motifs is 1. The van der Waals surface area contributed by atoms with E-state index >= 15 is 0 Å². The molecule has 0 saturated heterocycles. The van der Waals surface area contributed by atoms with E-state index in [1.54, 1.807) is 4.52 Å². The predicted molar refractivity (Wildman–Crippen MR) is 87.2 cm³/mol. The first-order valence-electron chi connectivity index (χ1n) is 6.78. The van der Waals surface area contributed by atoms with Gasteiger partial charge in [-0.1, -0.05) is 30.3 Å². The van der Waals surface area contributed by atoms with Gasteiger partial charge in [-0.2, -0.15) is 4.98 Å². The molecule has 0 aliphatic heterocycles. The molecule has 5 nitrogen and oxygen atoms in total. The largest absolute Gasteiger partial charge is 0.334 e. The van der Waals surface area contributed by atoms with Gasteiger partial charge in [0.2, 0.25) is 5.95 Å². The molecule has 6 heteroatoms. The van der Waals surface area contributed by atoms with E-state index in [4.69, 9.17) is 5.73 Å². The van der Waals surface area contributed by atoms with Crippen LogP contribution in [0.4, 0.5) is 5.95 Å². The fourth-order valence-electron chi connectivity index (χ4n) is 2.21. The molecule has 2 N–H and O–H groups in total. The van der Waals surface area contributed by atoms with E-state index in [0.29, 0.717) is 19.0 Å². The van der Waals surface area contributed by atoms with Gasteiger partial charge in [0, 0.05) is 25.8 Å². The van der Waals surface area contributed by atoms with E-state index < -0.39 is 0 Å².